The fourth-order valence-corrected chi connectivity index (χ4v) is 1.90. The Hall–Kier alpha value is -2.43. The van der Waals surface area contributed by atoms with E-state index in [9.17, 15) is 4.79 Å². The zero-order valence-electron chi connectivity index (χ0n) is 12.6. The van der Waals surface area contributed by atoms with Crippen molar-refractivity contribution in [2.24, 2.45) is 0 Å². The van der Waals surface area contributed by atoms with E-state index in [1.807, 2.05) is 44.3 Å². The predicted octanol–water partition coefficient (Wildman–Crippen LogP) is 2.04. The van der Waals surface area contributed by atoms with E-state index in [2.05, 4.69) is 27.1 Å². The third kappa shape index (κ3) is 4.02. The van der Waals surface area contributed by atoms with E-state index < -0.39 is 0 Å². The lowest BCUT2D eigenvalue weighted by molar-refractivity contribution is 0.0946. The quantitative estimate of drug-likeness (QED) is 0.913. The summed E-state index contributed by atoms with van der Waals surface area (Å²) in [5.74, 6) is -0.198. The molecule has 0 fully saturated rings. The van der Waals surface area contributed by atoms with Crippen LogP contribution >= 0.6 is 0 Å². The van der Waals surface area contributed by atoms with Crippen LogP contribution in [0.15, 0.2) is 42.7 Å². The highest BCUT2D eigenvalue weighted by Gasteiger charge is 2.13. The number of likely N-dealkylation sites (N-methyl/N-ethyl adjacent to an activating group) is 1. The largest absolute Gasteiger partial charge is 0.370 e. The van der Waals surface area contributed by atoms with E-state index in [-0.39, 0.29) is 11.9 Å². The molecule has 0 aliphatic carbocycles. The summed E-state index contributed by atoms with van der Waals surface area (Å²) in [4.78, 5) is 22.3. The van der Waals surface area contributed by atoms with E-state index in [0.717, 1.165) is 11.4 Å². The molecular weight excluding hydrogens is 264 g/mol. The second kappa shape index (κ2) is 6.83. The number of hydrogen-bond acceptors (Lipinski definition) is 4. The zero-order chi connectivity index (χ0) is 15.2. The minimum atomic E-state index is -0.198. The number of benzene rings is 1. The van der Waals surface area contributed by atoms with Crippen LogP contribution < -0.4 is 10.2 Å². The van der Waals surface area contributed by atoms with E-state index in [4.69, 9.17) is 0 Å². The molecule has 0 radical (unpaired) electrons. The van der Waals surface area contributed by atoms with Gasteiger partial charge in [-0.05, 0) is 26.0 Å². The first kappa shape index (κ1) is 15.0. The summed E-state index contributed by atoms with van der Waals surface area (Å²) in [6, 6.07) is 10.3. The van der Waals surface area contributed by atoms with E-state index >= 15 is 0 Å². The highest BCUT2D eigenvalue weighted by molar-refractivity contribution is 5.91. The maximum absolute atomic E-state index is 12.0. The summed E-state index contributed by atoms with van der Waals surface area (Å²) in [5, 5.41) is 2.89. The van der Waals surface area contributed by atoms with Crippen molar-refractivity contribution in [2.75, 3.05) is 18.5 Å². The molecule has 21 heavy (non-hydrogen) atoms. The molecule has 1 atom stereocenters. The van der Waals surface area contributed by atoms with Gasteiger partial charge in [-0.3, -0.25) is 9.78 Å². The highest BCUT2D eigenvalue weighted by atomic mass is 16.1. The smallest absolute Gasteiger partial charge is 0.271 e. The van der Waals surface area contributed by atoms with Crippen LogP contribution in [0.4, 0.5) is 5.69 Å². The molecule has 1 aromatic carbocycles. The Morgan fingerprint density at radius 3 is 2.57 bits per heavy atom. The number of amides is 1. The first-order valence-electron chi connectivity index (χ1n) is 6.92. The lowest BCUT2D eigenvalue weighted by atomic mass is 10.2. The monoisotopic (exact) mass is 284 g/mol. The number of anilines is 1. The molecule has 5 heteroatoms. The molecule has 0 bridgehead atoms. The van der Waals surface area contributed by atoms with Gasteiger partial charge in [-0.1, -0.05) is 18.2 Å². The molecule has 0 aliphatic heterocycles. The summed E-state index contributed by atoms with van der Waals surface area (Å²) < 4.78 is 0. The SMILES string of the molecule is Cc1cnc(C(=O)NC[C@@H](C)N(C)c2ccccc2)cn1. The molecule has 2 rings (SSSR count). The van der Waals surface area contributed by atoms with Gasteiger partial charge in [0.25, 0.3) is 5.91 Å². The van der Waals surface area contributed by atoms with Gasteiger partial charge >= 0.3 is 0 Å². The van der Waals surface area contributed by atoms with Crippen LogP contribution in [0.25, 0.3) is 0 Å². The number of aryl methyl sites for hydroxylation is 1. The first-order chi connectivity index (χ1) is 10.1. The lowest BCUT2D eigenvalue weighted by Crippen LogP contribution is -2.40. The molecule has 2 aromatic rings. The molecule has 0 saturated heterocycles. The number of rotatable bonds is 5. The van der Waals surface area contributed by atoms with Crippen molar-refractivity contribution in [1.82, 2.24) is 15.3 Å². The molecular formula is C16H20N4O. The van der Waals surface area contributed by atoms with E-state index in [1.165, 1.54) is 6.20 Å². The van der Waals surface area contributed by atoms with Crippen LogP contribution in [0.2, 0.25) is 0 Å². The topological polar surface area (TPSA) is 58.1 Å². The van der Waals surface area contributed by atoms with Gasteiger partial charge in [0.05, 0.1) is 11.9 Å². The predicted molar refractivity (Wildman–Crippen MR) is 83.4 cm³/mol. The number of hydrogen-bond donors (Lipinski definition) is 1. The normalized spacial score (nSPS) is 11.8. The number of carbonyl (C=O) groups excluding carboxylic acids is 1. The first-order valence-corrected chi connectivity index (χ1v) is 6.92. The number of aromatic nitrogens is 2. The summed E-state index contributed by atoms with van der Waals surface area (Å²) in [7, 11) is 2.01. The van der Waals surface area contributed by atoms with Crippen molar-refractivity contribution in [3.8, 4) is 0 Å². The van der Waals surface area contributed by atoms with Crippen molar-refractivity contribution in [2.45, 2.75) is 19.9 Å². The standard InChI is InChI=1S/C16H20N4O/c1-12-9-18-15(11-17-12)16(21)19-10-13(2)20(3)14-7-5-4-6-8-14/h4-9,11,13H,10H2,1-3H3,(H,19,21)/t13-/m1/s1. The highest BCUT2D eigenvalue weighted by Crippen LogP contribution is 2.13. The van der Waals surface area contributed by atoms with Crippen molar-refractivity contribution in [3.05, 3.63) is 54.1 Å². The Morgan fingerprint density at radius 1 is 1.24 bits per heavy atom. The van der Waals surface area contributed by atoms with Gasteiger partial charge in [0.1, 0.15) is 5.69 Å². The average Bonchev–Trinajstić information content (AvgIpc) is 2.53. The molecule has 1 heterocycles. The van der Waals surface area contributed by atoms with Gasteiger partial charge in [0.15, 0.2) is 0 Å². The Bertz CT molecular complexity index is 583. The summed E-state index contributed by atoms with van der Waals surface area (Å²) in [6.07, 6.45) is 3.09. The van der Waals surface area contributed by atoms with Crippen LogP contribution in [-0.4, -0.2) is 35.5 Å². The molecule has 0 aliphatic rings. The third-order valence-corrected chi connectivity index (χ3v) is 3.40. The summed E-state index contributed by atoms with van der Waals surface area (Å²) >= 11 is 0. The van der Waals surface area contributed by atoms with Gasteiger partial charge in [-0.2, -0.15) is 0 Å². The number of nitrogens with zero attached hydrogens (tertiary/aromatic N) is 3. The van der Waals surface area contributed by atoms with Gasteiger partial charge in [-0.15, -0.1) is 0 Å². The Balaban J connectivity index is 1.90. The van der Waals surface area contributed by atoms with Crippen LogP contribution in [0.5, 0.6) is 0 Å². The number of carbonyl (C=O) groups is 1. The molecule has 1 N–H and O–H groups in total. The molecule has 0 spiro atoms. The zero-order valence-corrected chi connectivity index (χ0v) is 12.6. The summed E-state index contributed by atoms with van der Waals surface area (Å²) in [6.45, 7) is 4.44. The Morgan fingerprint density at radius 2 is 1.95 bits per heavy atom. The van der Waals surface area contributed by atoms with Crippen molar-refractivity contribution >= 4 is 11.6 Å². The van der Waals surface area contributed by atoms with Crippen molar-refractivity contribution < 1.29 is 4.79 Å². The van der Waals surface area contributed by atoms with Gasteiger partial charge in [0, 0.05) is 31.5 Å². The maximum Gasteiger partial charge on any atom is 0.271 e. The molecule has 1 aromatic heterocycles. The van der Waals surface area contributed by atoms with E-state index in [0.29, 0.717) is 12.2 Å². The van der Waals surface area contributed by atoms with Crippen molar-refractivity contribution in [1.29, 1.82) is 0 Å². The molecule has 0 saturated carbocycles. The lowest BCUT2D eigenvalue weighted by Gasteiger charge is -2.27. The molecule has 5 nitrogen and oxygen atoms in total. The minimum absolute atomic E-state index is 0.176. The fraction of sp³-hybridized carbons (Fsp3) is 0.312. The second-order valence-electron chi connectivity index (χ2n) is 5.05. The van der Waals surface area contributed by atoms with Crippen LogP contribution in [0.1, 0.15) is 23.1 Å². The molecule has 1 amide bonds. The van der Waals surface area contributed by atoms with Gasteiger partial charge in [-0.25, -0.2) is 4.98 Å². The van der Waals surface area contributed by atoms with Crippen LogP contribution in [0, 0.1) is 6.92 Å². The van der Waals surface area contributed by atoms with Gasteiger partial charge < -0.3 is 10.2 Å². The number of nitrogens with one attached hydrogen (secondary N) is 1. The molecule has 110 valence electrons. The maximum atomic E-state index is 12.0. The summed E-state index contributed by atoms with van der Waals surface area (Å²) in [5.41, 5.74) is 2.26. The van der Waals surface area contributed by atoms with Crippen LogP contribution in [0.3, 0.4) is 0 Å². The fourth-order valence-electron chi connectivity index (χ4n) is 1.90. The minimum Gasteiger partial charge on any atom is -0.370 e. The van der Waals surface area contributed by atoms with E-state index in [1.54, 1.807) is 6.20 Å². The molecule has 0 unspecified atom stereocenters. The van der Waals surface area contributed by atoms with Crippen molar-refractivity contribution in [3.63, 3.8) is 0 Å². The average molecular weight is 284 g/mol. The Kier molecular flexibility index (Phi) is 4.87. The van der Waals surface area contributed by atoms with Crippen LogP contribution in [-0.2, 0) is 0 Å². The second-order valence-corrected chi connectivity index (χ2v) is 5.05. The Labute approximate surface area is 125 Å². The number of para-hydroxylation sites is 1. The third-order valence-electron chi connectivity index (χ3n) is 3.40. The van der Waals surface area contributed by atoms with Gasteiger partial charge in [0.2, 0.25) is 0 Å².